The summed E-state index contributed by atoms with van der Waals surface area (Å²) >= 11 is 0. The van der Waals surface area contributed by atoms with E-state index in [4.69, 9.17) is 19.2 Å². The van der Waals surface area contributed by atoms with Crippen molar-refractivity contribution in [2.75, 3.05) is 26.4 Å². The molecule has 3 fully saturated rings. The second-order valence-electron chi connectivity index (χ2n) is 9.20. The van der Waals surface area contributed by atoms with Crippen LogP contribution >= 0.6 is 0 Å². The second-order valence-corrected chi connectivity index (χ2v) is 9.20. The first-order valence-electron chi connectivity index (χ1n) is 11.6. The van der Waals surface area contributed by atoms with Gasteiger partial charge in [0, 0.05) is 30.6 Å². The average Bonchev–Trinajstić information content (AvgIpc) is 2.78. The van der Waals surface area contributed by atoms with E-state index in [1.165, 1.54) is 0 Å². The van der Waals surface area contributed by atoms with Crippen molar-refractivity contribution in [1.82, 2.24) is 15.2 Å². The zero-order valence-electron chi connectivity index (χ0n) is 17.9. The van der Waals surface area contributed by atoms with Gasteiger partial charge in [-0.2, -0.15) is 0 Å². The lowest BCUT2D eigenvalue weighted by Gasteiger charge is -2.52. The minimum atomic E-state index is -0.668. The summed E-state index contributed by atoms with van der Waals surface area (Å²) in [5, 5.41) is 3.14. The molecule has 2 atom stereocenters. The maximum Gasteiger partial charge on any atom is 0.246 e. The third kappa shape index (κ3) is 4.28. The smallest absolute Gasteiger partial charge is 0.246 e. The molecule has 1 aromatic rings. The molecule has 1 saturated carbocycles. The fourth-order valence-electron chi connectivity index (χ4n) is 5.47. The molecular formula is C23H31N3O5. The number of rotatable bonds is 0. The van der Waals surface area contributed by atoms with Crippen molar-refractivity contribution in [1.29, 1.82) is 0 Å². The van der Waals surface area contributed by atoms with E-state index < -0.39 is 11.8 Å². The molecule has 1 N–H and O–H groups in total. The Morgan fingerprint density at radius 2 is 2.00 bits per heavy atom. The van der Waals surface area contributed by atoms with Gasteiger partial charge in [0.15, 0.2) is 6.23 Å². The predicted octanol–water partition coefficient (Wildman–Crippen LogP) is 2.13. The Bertz CT molecular complexity index is 821. The third-order valence-electron chi connectivity index (χ3n) is 7.02. The van der Waals surface area contributed by atoms with Crippen LogP contribution < -0.4 is 10.1 Å². The molecule has 2 amide bonds. The van der Waals surface area contributed by atoms with Crippen molar-refractivity contribution in [2.24, 2.45) is 0 Å². The van der Waals surface area contributed by atoms with Gasteiger partial charge in [0.05, 0.1) is 19.3 Å². The number of morpholine rings is 1. The van der Waals surface area contributed by atoms with Gasteiger partial charge < -0.3 is 24.4 Å². The van der Waals surface area contributed by atoms with Crippen molar-refractivity contribution in [3.8, 4) is 5.88 Å². The topological polar surface area (TPSA) is 90.0 Å². The van der Waals surface area contributed by atoms with Crippen molar-refractivity contribution < 1.29 is 23.8 Å². The van der Waals surface area contributed by atoms with Gasteiger partial charge >= 0.3 is 0 Å². The van der Waals surface area contributed by atoms with Crippen LogP contribution in [0.4, 0.5) is 0 Å². The summed E-state index contributed by atoms with van der Waals surface area (Å²) in [5.41, 5.74) is 0.407. The summed E-state index contributed by atoms with van der Waals surface area (Å²) in [6.07, 6.45) is 5.88. The molecule has 0 aromatic carbocycles. The SMILES string of the molecule is O=C1COC[C@@]2(CCCN3C(=O)CCCOc4cccc(n4)[C@H]4CC[C@H](CC4)OC32)N1. The van der Waals surface area contributed by atoms with E-state index in [1.54, 1.807) is 0 Å². The zero-order valence-corrected chi connectivity index (χ0v) is 17.9. The number of pyridine rings is 1. The number of piperidine rings is 1. The molecule has 4 aliphatic heterocycles. The number of carbonyl (C=O) groups is 2. The van der Waals surface area contributed by atoms with Gasteiger partial charge in [-0.1, -0.05) is 6.07 Å². The van der Waals surface area contributed by atoms with Crippen LogP contribution in [0.1, 0.15) is 63.0 Å². The van der Waals surface area contributed by atoms with Crippen LogP contribution in [0, 0.1) is 0 Å². The summed E-state index contributed by atoms with van der Waals surface area (Å²) in [5.74, 6) is 0.930. The van der Waals surface area contributed by atoms with Crippen molar-refractivity contribution >= 4 is 11.8 Å². The minimum Gasteiger partial charge on any atom is -0.478 e. The quantitative estimate of drug-likeness (QED) is 0.680. The molecule has 168 valence electrons. The van der Waals surface area contributed by atoms with Crippen molar-refractivity contribution in [3.63, 3.8) is 0 Å². The first kappa shape index (κ1) is 20.7. The highest BCUT2D eigenvalue weighted by Crippen LogP contribution is 2.38. The van der Waals surface area contributed by atoms with Gasteiger partial charge in [0.2, 0.25) is 17.7 Å². The lowest BCUT2D eigenvalue weighted by atomic mass is 9.83. The van der Waals surface area contributed by atoms with E-state index >= 15 is 0 Å². The average molecular weight is 430 g/mol. The van der Waals surface area contributed by atoms with Gasteiger partial charge in [-0.15, -0.1) is 0 Å². The number of fused-ring (bicyclic) bond motifs is 6. The molecule has 4 bridgehead atoms. The first-order valence-corrected chi connectivity index (χ1v) is 11.6. The molecule has 1 unspecified atom stereocenters. The fourth-order valence-corrected chi connectivity index (χ4v) is 5.47. The second kappa shape index (κ2) is 8.74. The normalized spacial score (nSPS) is 34.3. The maximum absolute atomic E-state index is 13.2. The molecule has 8 nitrogen and oxygen atoms in total. The third-order valence-corrected chi connectivity index (χ3v) is 7.02. The van der Waals surface area contributed by atoms with E-state index in [1.807, 2.05) is 17.0 Å². The van der Waals surface area contributed by atoms with Gasteiger partial charge in [-0.3, -0.25) is 9.59 Å². The van der Waals surface area contributed by atoms with Gasteiger partial charge in [0.1, 0.15) is 12.1 Å². The number of ether oxygens (including phenoxy) is 3. The Morgan fingerprint density at radius 3 is 2.84 bits per heavy atom. The number of nitrogens with zero attached hydrogens (tertiary/aromatic N) is 2. The highest BCUT2D eigenvalue weighted by atomic mass is 16.5. The van der Waals surface area contributed by atoms with Crippen LogP contribution in [0.3, 0.4) is 0 Å². The van der Waals surface area contributed by atoms with E-state index in [2.05, 4.69) is 11.4 Å². The molecular weight excluding hydrogens is 398 g/mol. The van der Waals surface area contributed by atoms with Crippen molar-refractivity contribution in [3.05, 3.63) is 23.9 Å². The fraction of sp³-hybridized carbons (Fsp3) is 0.696. The van der Waals surface area contributed by atoms with Crippen LogP contribution in [0.5, 0.6) is 5.88 Å². The zero-order chi connectivity index (χ0) is 21.3. The van der Waals surface area contributed by atoms with Crippen molar-refractivity contribution in [2.45, 2.75) is 75.2 Å². The van der Waals surface area contributed by atoms with E-state index in [9.17, 15) is 9.59 Å². The highest BCUT2D eigenvalue weighted by Gasteiger charge is 2.51. The van der Waals surface area contributed by atoms with Crippen LogP contribution in [0.15, 0.2) is 18.2 Å². The maximum atomic E-state index is 13.2. The molecule has 2 saturated heterocycles. The molecule has 1 spiro atoms. The number of hydrogen-bond acceptors (Lipinski definition) is 6. The Hall–Kier alpha value is -2.19. The van der Waals surface area contributed by atoms with E-state index in [-0.39, 0.29) is 24.5 Å². The Kier molecular flexibility index (Phi) is 5.84. The van der Waals surface area contributed by atoms with Gasteiger partial charge in [-0.05, 0) is 51.0 Å². The molecule has 5 aliphatic rings. The van der Waals surface area contributed by atoms with Crippen LogP contribution in [-0.4, -0.2) is 65.9 Å². The van der Waals surface area contributed by atoms with Gasteiger partial charge in [-0.25, -0.2) is 4.98 Å². The summed E-state index contributed by atoms with van der Waals surface area (Å²) in [6, 6.07) is 5.96. The minimum absolute atomic E-state index is 0.0396. The number of hydrogen-bond donors (Lipinski definition) is 1. The summed E-state index contributed by atoms with van der Waals surface area (Å²) in [7, 11) is 0. The Morgan fingerprint density at radius 1 is 1.13 bits per heavy atom. The molecule has 8 heteroatoms. The predicted molar refractivity (Wildman–Crippen MR) is 111 cm³/mol. The van der Waals surface area contributed by atoms with Gasteiger partial charge in [0.25, 0.3) is 0 Å². The summed E-state index contributed by atoms with van der Waals surface area (Å²) < 4.78 is 18.1. The van der Waals surface area contributed by atoms with Crippen LogP contribution in [-0.2, 0) is 19.1 Å². The van der Waals surface area contributed by atoms with Crippen LogP contribution in [0.25, 0.3) is 0 Å². The molecule has 31 heavy (non-hydrogen) atoms. The van der Waals surface area contributed by atoms with Crippen LogP contribution in [0.2, 0.25) is 0 Å². The number of aromatic nitrogens is 1. The highest BCUT2D eigenvalue weighted by molar-refractivity contribution is 5.80. The summed E-state index contributed by atoms with van der Waals surface area (Å²) in [4.78, 5) is 32.0. The lowest BCUT2D eigenvalue weighted by molar-refractivity contribution is -0.200. The molecule has 1 aliphatic carbocycles. The first-order chi connectivity index (χ1) is 15.1. The number of amides is 2. The molecule has 5 heterocycles. The Balaban J connectivity index is 1.42. The lowest BCUT2D eigenvalue weighted by Crippen LogP contribution is -2.71. The van der Waals surface area contributed by atoms with E-state index in [0.29, 0.717) is 44.4 Å². The largest absolute Gasteiger partial charge is 0.478 e. The number of nitrogens with one attached hydrogen (secondary N) is 1. The molecule has 0 radical (unpaired) electrons. The van der Waals surface area contributed by atoms with E-state index in [0.717, 1.165) is 44.2 Å². The molecule has 6 rings (SSSR count). The Labute approximate surface area is 182 Å². The monoisotopic (exact) mass is 429 g/mol. The molecule has 1 aromatic heterocycles. The standard InChI is InChI=1S/C23H31N3O5/c27-19-14-29-15-23(25-19)11-3-12-26-21(28)6-2-13-30-20-5-1-4-18(24-20)16-7-9-17(10-8-16)31-22(23)26/h1,4-5,16-17,22H,2-3,6-15H2,(H,25,27)/t16-,17+,22?,23-/m1/s1. The summed E-state index contributed by atoms with van der Waals surface area (Å²) in [6.45, 7) is 1.53. The number of carbonyl (C=O) groups excluding carboxylic acids is 2.